The summed E-state index contributed by atoms with van der Waals surface area (Å²) >= 11 is 11.1. The highest BCUT2D eigenvalue weighted by atomic mass is 127. The van der Waals surface area contributed by atoms with Crippen LogP contribution in [0.5, 0.6) is 0 Å². The van der Waals surface area contributed by atoms with Gasteiger partial charge in [0.15, 0.2) is 0 Å². The summed E-state index contributed by atoms with van der Waals surface area (Å²) in [5.74, 6) is 0.616. The van der Waals surface area contributed by atoms with Crippen molar-refractivity contribution in [2.45, 2.75) is 12.8 Å². The maximum absolute atomic E-state index is 11.8. The summed E-state index contributed by atoms with van der Waals surface area (Å²) in [6, 6.07) is 5.67. The third-order valence-corrected chi connectivity index (χ3v) is 3.72. The van der Waals surface area contributed by atoms with Gasteiger partial charge in [-0.15, -0.1) is 11.6 Å². The van der Waals surface area contributed by atoms with E-state index in [0.29, 0.717) is 18.0 Å². The molecule has 1 aromatic rings. The molecule has 0 aliphatic carbocycles. The molecule has 0 aromatic heterocycles. The fraction of sp³-hybridized carbons (Fsp3) is 0.364. The molecule has 88 valence electrons. The van der Waals surface area contributed by atoms with Crippen molar-refractivity contribution in [1.82, 2.24) is 5.32 Å². The molecule has 16 heavy (non-hydrogen) atoms. The molecule has 0 aliphatic heterocycles. The van der Waals surface area contributed by atoms with Gasteiger partial charge in [-0.05, 0) is 53.6 Å². The lowest BCUT2D eigenvalue weighted by molar-refractivity contribution is 0.0952. The Hall–Kier alpha value is 0.190. The second kappa shape index (κ2) is 7.50. The summed E-state index contributed by atoms with van der Waals surface area (Å²) in [6.07, 6.45) is 1.84. The van der Waals surface area contributed by atoms with Crippen LogP contribution in [0, 0.1) is 3.57 Å². The number of hydrogen-bond donors (Lipinski definition) is 1. The van der Waals surface area contributed by atoms with E-state index in [0.717, 1.165) is 20.9 Å². The second-order valence-electron chi connectivity index (χ2n) is 3.28. The molecular formula is C11H12BrClINO. The van der Waals surface area contributed by atoms with Crippen molar-refractivity contribution in [3.8, 4) is 0 Å². The van der Waals surface area contributed by atoms with Crippen LogP contribution in [0.2, 0.25) is 0 Å². The van der Waals surface area contributed by atoms with E-state index in [-0.39, 0.29) is 5.91 Å². The molecule has 1 rings (SSSR count). The van der Waals surface area contributed by atoms with Crippen molar-refractivity contribution in [2.24, 2.45) is 0 Å². The molecule has 1 aromatic carbocycles. The van der Waals surface area contributed by atoms with Crippen LogP contribution in [0.25, 0.3) is 0 Å². The van der Waals surface area contributed by atoms with Crippen molar-refractivity contribution in [3.05, 3.63) is 31.8 Å². The zero-order valence-electron chi connectivity index (χ0n) is 8.60. The Labute approximate surface area is 122 Å². The minimum atomic E-state index is -0.0275. The second-order valence-corrected chi connectivity index (χ2v) is 5.73. The molecule has 0 fully saturated rings. The van der Waals surface area contributed by atoms with Gasteiger partial charge in [0, 0.05) is 20.5 Å². The quantitative estimate of drug-likeness (QED) is 0.442. The van der Waals surface area contributed by atoms with Crippen molar-refractivity contribution < 1.29 is 4.79 Å². The number of amides is 1. The van der Waals surface area contributed by atoms with E-state index in [9.17, 15) is 4.79 Å². The zero-order chi connectivity index (χ0) is 12.0. The Kier molecular flexibility index (Phi) is 6.68. The Balaban J connectivity index is 2.55. The smallest absolute Gasteiger partial charge is 0.252 e. The highest BCUT2D eigenvalue weighted by molar-refractivity contribution is 14.1. The van der Waals surface area contributed by atoms with E-state index < -0.39 is 0 Å². The van der Waals surface area contributed by atoms with Gasteiger partial charge in [-0.2, -0.15) is 0 Å². The van der Waals surface area contributed by atoms with Crippen LogP contribution in [0.15, 0.2) is 22.7 Å². The predicted molar refractivity (Wildman–Crippen MR) is 79.1 cm³/mol. The number of unbranched alkanes of at least 4 members (excludes halogenated alkanes) is 1. The average Bonchev–Trinajstić information content (AvgIpc) is 2.27. The van der Waals surface area contributed by atoms with E-state index in [1.807, 2.05) is 18.2 Å². The normalized spacial score (nSPS) is 10.2. The van der Waals surface area contributed by atoms with Crippen LogP contribution in [0.3, 0.4) is 0 Å². The standard InChI is InChI=1S/C11H12BrClINO/c12-8-3-4-10(14)9(7-8)11(16)15-6-2-1-5-13/h3-4,7H,1-2,5-6H2,(H,15,16). The largest absolute Gasteiger partial charge is 0.352 e. The molecule has 2 nitrogen and oxygen atoms in total. The molecule has 5 heteroatoms. The maximum Gasteiger partial charge on any atom is 0.252 e. The molecule has 1 amide bonds. The summed E-state index contributed by atoms with van der Waals surface area (Å²) in [4.78, 5) is 11.8. The summed E-state index contributed by atoms with van der Waals surface area (Å²) in [5.41, 5.74) is 0.709. The van der Waals surface area contributed by atoms with Crippen molar-refractivity contribution in [1.29, 1.82) is 0 Å². The van der Waals surface area contributed by atoms with Crippen LogP contribution in [-0.4, -0.2) is 18.3 Å². The minimum absolute atomic E-state index is 0.0275. The fourth-order valence-corrected chi connectivity index (χ4v) is 2.32. The Morgan fingerprint density at radius 3 is 2.88 bits per heavy atom. The molecular weight excluding hydrogens is 404 g/mol. The molecule has 0 aliphatic rings. The zero-order valence-corrected chi connectivity index (χ0v) is 13.1. The number of carbonyl (C=O) groups excluding carboxylic acids is 1. The molecule has 0 atom stereocenters. The van der Waals surface area contributed by atoms with Gasteiger partial charge in [0.25, 0.3) is 5.91 Å². The number of rotatable bonds is 5. The van der Waals surface area contributed by atoms with E-state index >= 15 is 0 Å². The first kappa shape index (κ1) is 14.3. The van der Waals surface area contributed by atoms with Crippen molar-refractivity contribution in [2.75, 3.05) is 12.4 Å². The first-order valence-electron chi connectivity index (χ1n) is 4.94. The molecule has 0 spiro atoms. The predicted octanol–water partition coefficient (Wildman–Crippen LogP) is 3.80. The lowest BCUT2D eigenvalue weighted by Crippen LogP contribution is -2.25. The molecule has 0 unspecified atom stereocenters. The lowest BCUT2D eigenvalue weighted by atomic mass is 10.2. The summed E-state index contributed by atoms with van der Waals surface area (Å²) < 4.78 is 1.87. The number of nitrogens with one attached hydrogen (secondary N) is 1. The van der Waals surface area contributed by atoms with Gasteiger partial charge in [0.1, 0.15) is 0 Å². The van der Waals surface area contributed by atoms with Crippen molar-refractivity contribution >= 4 is 56.0 Å². The highest BCUT2D eigenvalue weighted by Gasteiger charge is 2.09. The molecule has 0 saturated carbocycles. The summed E-state index contributed by atoms with van der Waals surface area (Å²) in [5, 5.41) is 2.88. The number of halogens is 3. The van der Waals surface area contributed by atoms with E-state index in [1.54, 1.807) is 0 Å². The monoisotopic (exact) mass is 415 g/mol. The minimum Gasteiger partial charge on any atom is -0.352 e. The first-order valence-corrected chi connectivity index (χ1v) is 7.35. The first-order chi connectivity index (χ1) is 7.65. The lowest BCUT2D eigenvalue weighted by Gasteiger charge is -2.06. The van der Waals surface area contributed by atoms with Crippen LogP contribution in [0.1, 0.15) is 23.2 Å². The summed E-state index contributed by atoms with van der Waals surface area (Å²) in [7, 11) is 0. The summed E-state index contributed by atoms with van der Waals surface area (Å²) in [6.45, 7) is 0.675. The average molecular weight is 416 g/mol. The maximum atomic E-state index is 11.8. The van der Waals surface area contributed by atoms with Crippen LogP contribution >= 0.6 is 50.1 Å². The number of carbonyl (C=O) groups is 1. The van der Waals surface area contributed by atoms with E-state index in [1.165, 1.54) is 0 Å². The molecule has 1 N–H and O–H groups in total. The van der Waals surface area contributed by atoms with Gasteiger partial charge in [0.05, 0.1) is 5.56 Å². The van der Waals surface area contributed by atoms with Crippen LogP contribution < -0.4 is 5.32 Å². The third-order valence-electron chi connectivity index (χ3n) is 2.02. The fourth-order valence-electron chi connectivity index (χ4n) is 1.19. The van der Waals surface area contributed by atoms with Crippen LogP contribution in [-0.2, 0) is 0 Å². The Bertz CT molecular complexity index is 373. The number of alkyl halides is 1. The third kappa shape index (κ3) is 4.59. The van der Waals surface area contributed by atoms with Gasteiger partial charge in [-0.3, -0.25) is 4.79 Å². The van der Waals surface area contributed by atoms with E-state index in [4.69, 9.17) is 11.6 Å². The van der Waals surface area contributed by atoms with Crippen LogP contribution in [0.4, 0.5) is 0 Å². The van der Waals surface area contributed by atoms with Gasteiger partial charge in [-0.1, -0.05) is 15.9 Å². The SMILES string of the molecule is O=C(NCCCCCl)c1cc(Br)ccc1I. The van der Waals surface area contributed by atoms with Crippen molar-refractivity contribution in [3.63, 3.8) is 0 Å². The highest BCUT2D eigenvalue weighted by Crippen LogP contribution is 2.18. The van der Waals surface area contributed by atoms with Gasteiger partial charge in [-0.25, -0.2) is 0 Å². The number of benzene rings is 1. The Morgan fingerprint density at radius 1 is 1.44 bits per heavy atom. The Morgan fingerprint density at radius 2 is 2.19 bits per heavy atom. The molecule has 0 heterocycles. The molecule has 0 saturated heterocycles. The van der Waals surface area contributed by atoms with Gasteiger partial charge >= 0.3 is 0 Å². The molecule has 0 radical (unpaired) electrons. The number of hydrogen-bond acceptors (Lipinski definition) is 1. The van der Waals surface area contributed by atoms with E-state index in [2.05, 4.69) is 43.8 Å². The molecule has 0 bridgehead atoms. The van der Waals surface area contributed by atoms with Gasteiger partial charge < -0.3 is 5.32 Å². The van der Waals surface area contributed by atoms with Gasteiger partial charge in [0.2, 0.25) is 0 Å². The topological polar surface area (TPSA) is 29.1 Å².